The van der Waals surface area contributed by atoms with E-state index in [1.54, 1.807) is 12.4 Å². The van der Waals surface area contributed by atoms with Crippen LogP contribution in [0.4, 0.5) is 13.2 Å². The van der Waals surface area contributed by atoms with Gasteiger partial charge in [-0.05, 0) is 45.2 Å². The van der Waals surface area contributed by atoms with Crippen LogP contribution < -0.4 is 5.32 Å². The zero-order chi connectivity index (χ0) is 24.1. The lowest BCUT2D eigenvalue weighted by Crippen LogP contribution is -2.37. The SMILES string of the molecule is CC(C)CN1CCCC(c2ccnc3c(C(=O)NC(C)C)cnn23)C1.O=C(O)C(F)(F)F. The summed E-state index contributed by atoms with van der Waals surface area (Å²) in [7, 11) is 0. The van der Waals surface area contributed by atoms with Gasteiger partial charge in [-0.3, -0.25) is 4.79 Å². The maximum atomic E-state index is 12.4. The first-order chi connectivity index (χ1) is 14.9. The van der Waals surface area contributed by atoms with E-state index in [4.69, 9.17) is 9.90 Å². The number of amides is 1. The van der Waals surface area contributed by atoms with Crippen molar-refractivity contribution in [2.24, 2.45) is 5.92 Å². The molecule has 0 radical (unpaired) electrons. The van der Waals surface area contributed by atoms with E-state index in [1.807, 2.05) is 24.4 Å². The fraction of sp³-hybridized carbons (Fsp3) is 0.619. The standard InChI is InChI=1S/C19H29N5O.C2HF3O2/c1-13(2)11-23-9-5-6-15(12-23)17-7-8-20-18-16(10-21-24(17)18)19(25)22-14(3)4;3-2(4,5)1(6)7/h7-8,10,13-15H,5-6,9,11-12H2,1-4H3,(H,22,25);(H,6,7). The molecule has 1 unspecified atom stereocenters. The number of carboxylic acids is 1. The lowest BCUT2D eigenvalue weighted by Gasteiger charge is -2.33. The van der Waals surface area contributed by atoms with Crippen LogP contribution in [-0.2, 0) is 4.79 Å². The highest BCUT2D eigenvalue weighted by molar-refractivity contribution is 5.99. The van der Waals surface area contributed by atoms with E-state index in [0.717, 1.165) is 25.2 Å². The second-order valence-electron chi connectivity index (χ2n) is 8.59. The molecule has 1 fully saturated rings. The second kappa shape index (κ2) is 10.8. The van der Waals surface area contributed by atoms with Gasteiger partial charge in [0.15, 0.2) is 5.65 Å². The van der Waals surface area contributed by atoms with Gasteiger partial charge in [-0.25, -0.2) is 14.3 Å². The van der Waals surface area contributed by atoms with E-state index in [2.05, 4.69) is 34.1 Å². The van der Waals surface area contributed by atoms with Crippen LogP contribution in [-0.4, -0.2) is 68.3 Å². The summed E-state index contributed by atoms with van der Waals surface area (Å²) in [5.41, 5.74) is 2.35. The quantitative estimate of drug-likeness (QED) is 0.715. The minimum atomic E-state index is -5.08. The van der Waals surface area contributed by atoms with Crippen molar-refractivity contribution in [3.8, 4) is 0 Å². The third-order valence-corrected chi connectivity index (χ3v) is 4.88. The first-order valence-corrected chi connectivity index (χ1v) is 10.6. The summed E-state index contributed by atoms with van der Waals surface area (Å²) in [6, 6.07) is 2.14. The fourth-order valence-electron chi connectivity index (χ4n) is 3.70. The van der Waals surface area contributed by atoms with Crippen LogP contribution in [0.2, 0.25) is 0 Å². The van der Waals surface area contributed by atoms with E-state index in [0.29, 0.717) is 23.0 Å². The Hall–Kier alpha value is -2.69. The molecule has 0 saturated carbocycles. The van der Waals surface area contributed by atoms with Gasteiger partial charge in [0, 0.05) is 31.2 Å². The lowest BCUT2D eigenvalue weighted by molar-refractivity contribution is -0.192. The highest BCUT2D eigenvalue weighted by Gasteiger charge is 2.38. The van der Waals surface area contributed by atoms with Crippen molar-refractivity contribution in [1.29, 1.82) is 0 Å². The van der Waals surface area contributed by atoms with Crippen LogP contribution in [0.25, 0.3) is 5.65 Å². The number of aromatic nitrogens is 3. The molecular formula is C21H30F3N5O3. The first-order valence-electron chi connectivity index (χ1n) is 10.6. The van der Waals surface area contributed by atoms with E-state index >= 15 is 0 Å². The zero-order valence-electron chi connectivity index (χ0n) is 18.7. The summed E-state index contributed by atoms with van der Waals surface area (Å²) < 4.78 is 33.6. The molecule has 8 nitrogen and oxygen atoms in total. The molecular weight excluding hydrogens is 427 g/mol. The van der Waals surface area contributed by atoms with Gasteiger partial charge >= 0.3 is 12.1 Å². The molecule has 0 bridgehead atoms. The van der Waals surface area contributed by atoms with E-state index in [1.165, 1.54) is 13.0 Å². The number of aliphatic carboxylic acids is 1. The number of fused-ring (bicyclic) bond motifs is 1. The van der Waals surface area contributed by atoms with Crippen molar-refractivity contribution in [3.05, 3.63) is 29.7 Å². The van der Waals surface area contributed by atoms with Gasteiger partial charge in [0.1, 0.15) is 5.56 Å². The maximum Gasteiger partial charge on any atom is 0.490 e. The molecule has 3 rings (SSSR count). The van der Waals surface area contributed by atoms with Gasteiger partial charge < -0.3 is 15.3 Å². The topological polar surface area (TPSA) is 99.8 Å². The molecule has 3 heterocycles. The normalized spacial score (nSPS) is 17.3. The van der Waals surface area contributed by atoms with Crippen LogP contribution in [0.1, 0.15) is 62.5 Å². The van der Waals surface area contributed by atoms with Gasteiger partial charge in [-0.2, -0.15) is 18.3 Å². The predicted octanol–water partition coefficient (Wildman–Crippen LogP) is 3.34. The molecule has 2 N–H and O–H groups in total. The molecule has 11 heteroatoms. The van der Waals surface area contributed by atoms with Crippen LogP contribution in [0.15, 0.2) is 18.5 Å². The fourth-order valence-corrected chi connectivity index (χ4v) is 3.70. The molecule has 0 spiro atoms. The summed E-state index contributed by atoms with van der Waals surface area (Å²) in [5, 5.41) is 14.5. The molecule has 1 aliphatic heterocycles. The smallest absolute Gasteiger partial charge is 0.475 e. The Bertz CT molecular complexity index is 927. The lowest BCUT2D eigenvalue weighted by atomic mass is 9.94. The van der Waals surface area contributed by atoms with Crippen LogP contribution >= 0.6 is 0 Å². The number of hydrogen-bond donors (Lipinski definition) is 2. The number of carbonyl (C=O) groups excluding carboxylic acids is 1. The molecule has 1 aliphatic rings. The number of nitrogens with one attached hydrogen (secondary N) is 1. The zero-order valence-corrected chi connectivity index (χ0v) is 18.7. The monoisotopic (exact) mass is 457 g/mol. The molecule has 2 aromatic rings. The minimum Gasteiger partial charge on any atom is -0.475 e. The number of rotatable bonds is 5. The Morgan fingerprint density at radius 2 is 1.94 bits per heavy atom. The number of piperidine rings is 1. The van der Waals surface area contributed by atoms with Gasteiger partial charge in [0.25, 0.3) is 5.91 Å². The summed E-state index contributed by atoms with van der Waals surface area (Å²) in [6.45, 7) is 11.8. The number of carboxylic acid groups (broad SMARTS) is 1. The van der Waals surface area contributed by atoms with Crippen molar-refractivity contribution in [2.75, 3.05) is 19.6 Å². The van der Waals surface area contributed by atoms with Gasteiger partial charge in [0.05, 0.1) is 11.9 Å². The van der Waals surface area contributed by atoms with Crippen molar-refractivity contribution in [2.45, 2.75) is 58.7 Å². The van der Waals surface area contributed by atoms with Crippen LogP contribution in [0.3, 0.4) is 0 Å². The van der Waals surface area contributed by atoms with Crippen molar-refractivity contribution < 1.29 is 27.9 Å². The summed E-state index contributed by atoms with van der Waals surface area (Å²) in [6.07, 6.45) is 0.711. The largest absolute Gasteiger partial charge is 0.490 e. The van der Waals surface area contributed by atoms with Crippen molar-refractivity contribution in [3.63, 3.8) is 0 Å². The van der Waals surface area contributed by atoms with Crippen molar-refractivity contribution in [1.82, 2.24) is 24.8 Å². The molecule has 0 aromatic carbocycles. The highest BCUT2D eigenvalue weighted by atomic mass is 19.4. The molecule has 178 valence electrons. The summed E-state index contributed by atoms with van der Waals surface area (Å²) in [4.78, 5) is 28.2. The number of nitrogens with zero attached hydrogens (tertiary/aromatic N) is 4. The molecule has 2 aromatic heterocycles. The molecule has 1 atom stereocenters. The first kappa shape index (κ1) is 25.6. The Labute approximate surface area is 184 Å². The molecule has 0 aliphatic carbocycles. The van der Waals surface area contributed by atoms with Gasteiger partial charge in [-0.1, -0.05) is 13.8 Å². The Morgan fingerprint density at radius 3 is 2.50 bits per heavy atom. The number of halogens is 3. The van der Waals surface area contributed by atoms with Crippen LogP contribution in [0, 0.1) is 5.92 Å². The third kappa shape index (κ3) is 6.91. The molecule has 1 amide bonds. The van der Waals surface area contributed by atoms with Crippen molar-refractivity contribution >= 4 is 17.5 Å². The third-order valence-electron chi connectivity index (χ3n) is 4.88. The van der Waals surface area contributed by atoms with Gasteiger partial charge in [-0.15, -0.1) is 0 Å². The Morgan fingerprint density at radius 1 is 1.28 bits per heavy atom. The van der Waals surface area contributed by atoms with E-state index in [-0.39, 0.29) is 11.9 Å². The Balaban J connectivity index is 0.000000451. The Kier molecular flexibility index (Phi) is 8.59. The average Bonchev–Trinajstić information content (AvgIpc) is 3.11. The highest BCUT2D eigenvalue weighted by Crippen LogP contribution is 2.27. The van der Waals surface area contributed by atoms with E-state index in [9.17, 15) is 18.0 Å². The number of hydrogen-bond acceptors (Lipinski definition) is 5. The molecule has 32 heavy (non-hydrogen) atoms. The van der Waals surface area contributed by atoms with E-state index < -0.39 is 12.1 Å². The van der Waals surface area contributed by atoms with Crippen LogP contribution in [0.5, 0.6) is 0 Å². The molecule has 1 saturated heterocycles. The second-order valence-corrected chi connectivity index (χ2v) is 8.59. The number of alkyl halides is 3. The predicted molar refractivity (Wildman–Crippen MR) is 113 cm³/mol. The number of likely N-dealkylation sites (tertiary alicyclic amines) is 1. The average molecular weight is 457 g/mol. The minimum absolute atomic E-state index is 0.0913. The number of carbonyl (C=O) groups is 2. The van der Waals surface area contributed by atoms with Gasteiger partial charge in [0.2, 0.25) is 0 Å². The summed E-state index contributed by atoms with van der Waals surface area (Å²) in [5.74, 6) is -1.77. The summed E-state index contributed by atoms with van der Waals surface area (Å²) >= 11 is 0. The maximum absolute atomic E-state index is 12.4.